The molecule has 0 amide bonds. The second kappa shape index (κ2) is 20.7. The number of carbonyl (C=O) groups excluding carboxylic acids is 2. The number of nitrogens with one attached hydrogen (secondary N) is 1. The molecule has 0 spiro atoms. The quantitative estimate of drug-likeness (QED) is 0.203. The van der Waals surface area contributed by atoms with Crippen molar-refractivity contribution in [3.05, 3.63) is 0 Å². The number of hydrogen-bond donors (Lipinski definition) is 6. The molecule has 16 nitrogen and oxygen atoms in total. The van der Waals surface area contributed by atoms with Gasteiger partial charge in [-0.3, -0.25) is 9.59 Å². The lowest BCUT2D eigenvalue weighted by molar-refractivity contribution is -0.307. The number of cyclic esters (lactones) is 1. The summed E-state index contributed by atoms with van der Waals surface area (Å²) in [4.78, 5) is 37.9. The van der Waals surface area contributed by atoms with Crippen LogP contribution < -0.4 is 5.32 Å². The molecule has 3 aliphatic rings. The van der Waals surface area contributed by atoms with Crippen molar-refractivity contribution in [2.45, 2.75) is 185 Å². The van der Waals surface area contributed by atoms with Gasteiger partial charge >= 0.3 is 18.1 Å². The largest absolute Gasteiger partial charge is 0.490 e. The lowest BCUT2D eigenvalue weighted by Crippen LogP contribution is -2.60. The van der Waals surface area contributed by atoms with Gasteiger partial charge < -0.3 is 64.2 Å². The number of alkyl halides is 3. The average molecular weight is 847 g/mol. The first-order chi connectivity index (χ1) is 26.4. The van der Waals surface area contributed by atoms with Gasteiger partial charge in [0.1, 0.15) is 35.6 Å². The minimum absolute atomic E-state index is 0.0329. The van der Waals surface area contributed by atoms with Crippen molar-refractivity contribution < 1.29 is 81.5 Å². The zero-order valence-electron chi connectivity index (χ0n) is 36.1. The summed E-state index contributed by atoms with van der Waals surface area (Å²) < 4.78 is 68.8. The predicted molar refractivity (Wildman–Crippen MR) is 202 cm³/mol. The third-order valence-electron chi connectivity index (χ3n) is 11.7. The minimum Gasteiger partial charge on any atom is -0.475 e. The molecule has 0 bridgehead atoms. The van der Waals surface area contributed by atoms with Gasteiger partial charge in [0.15, 0.2) is 18.4 Å². The van der Waals surface area contributed by atoms with Crippen molar-refractivity contribution in [1.29, 1.82) is 0 Å². The van der Waals surface area contributed by atoms with Gasteiger partial charge in [-0.25, -0.2) is 4.79 Å². The lowest BCUT2D eigenvalue weighted by atomic mass is 9.77. The van der Waals surface area contributed by atoms with Crippen molar-refractivity contribution in [3.8, 4) is 0 Å². The SMILES string of the molecule is CC[C@H]1OC(=O)[C@H](C)[C@@H](O[C@H]2C[C@@](C)(OC)C(=O)[C@H](C)O2)[C@H](C)[C@@H](O[C@@H]2O[C@H](C)C[C@H](N(C)C)[C@H]2O)[C@@](C)(O)C[C@@H](C)CN[C@H](C)[C@@H](O)[C@]1(C)O.O=C(O)C(F)(F)F. The second-order valence-electron chi connectivity index (χ2n) is 17.3. The highest BCUT2D eigenvalue weighted by Gasteiger charge is 2.52. The number of esters is 1. The number of Topliss-reactive ketones (excluding diaryl/α,β-unsaturated/α-hetero) is 1. The molecule has 3 fully saturated rings. The maximum Gasteiger partial charge on any atom is 0.490 e. The fourth-order valence-electron chi connectivity index (χ4n) is 8.22. The molecule has 19 heteroatoms. The maximum atomic E-state index is 14.1. The number of rotatable bonds is 7. The van der Waals surface area contributed by atoms with E-state index >= 15 is 0 Å². The van der Waals surface area contributed by atoms with E-state index in [-0.39, 0.29) is 43.1 Å². The Kier molecular flexibility index (Phi) is 18.6. The van der Waals surface area contributed by atoms with Gasteiger partial charge in [0.2, 0.25) is 0 Å². The highest BCUT2D eigenvalue weighted by molar-refractivity contribution is 5.91. The summed E-state index contributed by atoms with van der Waals surface area (Å²) in [5.74, 6) is -5.67. The molecule has 0 aromatic heterocycles. The van der Waals surface area contributed by atoms with Crippen molar-refractivity contribution in [2.75, 3.05) is 27.7 Å². The highest BCUT2D eigenvalue weighted by Crippen LogP contribution is 2.39. The van der Waals surface area contributed by atoms with E-state index in [2.05, 4.69) is 5.32 Å². The maximum absolute atomic E-state index is 14.1. The zero-order chi connectivity index (χ0) is 44.9. The minimum atomic E-state index is -5.08. The van der Waals surface area contributed by atoms with E-state index in [4.69, 9.17) is 38.3 Å². The van der Waals surface area contributed by atoms with Gasteiger partial charge in [0, 0.05) is 31.5 Å². The van der Waals surface area contributed by atoms with E-state index in [0.717, 1.165) is 0 Å². The van der Waals surface area contributed by atoms with Crippen LogP contribution in [0.5, 0.6) is 0 Å². The van der Waals surface area contributed by atoms with Crippen LogP contribution in [0, 0.1) is 17.8 Å². The van der Waals surface area contributed by atoms with E-state index in [9.17, 15) is 43.2 Å². The topological polar surface area (TPSA) is 223 Å². The molecule has 58 heavy (non-hydrogen) atoms. The number of aliphatic hydroxyl groups is 4. The van der Waals surface area contributed by atoms with Crippen LogP contribution in [0.2, 0.25) is 0 Å². The number of nitrogens with zero attached hydrogens (tertiary/aromatic N) is 1. The number of ether oxygens (including phenoxy) is 6. The summed E-state index contributed by atoms with van der Waals surface area (Å²) in [5, 5.41) is 57.1. The molecule has 0 aromatic rings. The molecule has 3 saturated heterocycles. The first-order valence-electron chi connectivity index (χ1n) is 19.9. The molecular weight excluding hydrogens is 777 g/mol. The van der Waals surface area contributed by atoms with Crippen LogP contribution in [0.4, 0.5) is 13.2 Å². The van der Waals surface area contributed by atoms with E-state index in [0.29, 0.717) is 13.0 Å². The molecule has 340 valence electrons. The summed E-state index contributed by atoms with van der Waals surface area (Å²) in [6, 6.07) is -0.873. The standard InChI is InChI=1S/C37H68N2O12.C2HF3O2/c1-14-26-37(10,45)30(41)23(6)38-18-19(2)16-35(8,44)32(51-34-28(40)25(39(11)12)15-20(3)47-34)21(4)29(22(5)33(43)49-26)50-27-17-36(9,46-13)31(42)24(7)48-27;3-2(4,5)1(6)7/h19-30,32,34,38,40-41,44-45H,14-18H2,1-13H3;(H,6,7)/t19-,20-,21+,22-,23-,24+,25+,26-,27+,28-,29+,30-,32-,34+,35+,36-,37-;/m1./s1. The van der Waals surface area contributed by atoms with Gasteiger partial charge in [-0.2, -0.15) is 13.2 Å². The zero-order valence-corrected chi connectivity index (χ0v) is 36.1. The number of carbonyl (C=O) groups is 3. The molecule has 17 atom stereocenters. The first-order valence-corrected chi connectivity index (χ1v) is 19.9. The Hall–Kier alpha value is -2.04. The van der Waals surface area contributed by atoms with Crippen LogP contribution in [0.25, 0.3) is 0 Å². The van der Waals surface area contributed by atoms with Crippen molar-refractivity contribution in [3.63, 3.8) is 0 Å². The predicted octanol–water partition coefficient (Wildman–Crippen LogP) is 2.40. The van der Waals surface area contributed by atoms with E-state index < -0.39 is 102 Å². The second-order valence-corrected chi connectivity index (χ2v) is 17.3. The molecule has 0 radical (unpaired) electrons. The molecule has 0 aliphatic carbocycles. The van der Waals surface area contributed by atoms with Crippen molar-refractivity contribution >= 4 is 17.7 Å². The summed E-state index contributed by atoms with van der Waals surface area (Å²) in [6.07, 6.45) is -12.8. The number of ketones is 1. The van der Waals surface area contributed by atoms with Crippen molar-refractivity contribution in [1.82, 2.24) is 10.2 Å². The lowest BCUT2D eigenvalue weighted by Gasteiger charge is -2.48. The normalized spacial score (nSPS) is 44.0. The van der Waals surface area contributed by atoms with Crippen LogP contribution in [-0.4, -0.2) is 166 Å². The first kappa shape index (κ1) is 52.1. The number of carboxylic acids is 1. The Morgan fingerprint density at radius 2 is 1.55 bits per heavy atom. The Balaban J connectivity index is 0.00000151. The Labute approximate surface area is 340 Å². The van der Waals surface area contributed by atoms with E-state index in [1.165, 1.54) is 14.0 Å². The molecular formula is C39H69F3N2O14. The number of aliphatic carboxylic acids is 1. The Morgan fingerprint density at radius 1 is 0.983 bits per heavy atom. The summed E-state index contributed by atoms with van der Waals surface area (Å²) >= 11 is 0. The molecule has 0 saturated carbocycles. The van der Waals surface area contributed by atoms with Crippen LogP contribution in [-0.2, 0) is 42.8 Å². The van der Waals surface area contributed by atoms with E-state index in [1.807, 2.05) is 32.8 Å². The molecule has 3 aliphatic heterocycles. The van der Waals surface area contributed by atoms with Crippen LogP contribution in [0.3, 0.4) is 0 Å². The number of hydrogen-bond acceptors (Lipinski definition) is 15. The summed E-state index contributed by atoms with van der Waals surface area (Å²) in [6.45, 7) is 17.5. The number of halogens is 3. The van der Waals surface area contributed by atoms with Gasteiger partial charge in [-0.05, 0) is 94.3 Å². The number of likely N-dealkylation sites (N-methyl/N-ethyl adjacent to an activating group) is 1. The van der Waals surface area contributed by atoms with Gasteiger partial charge in [-0.15, -0.1) is 0 Å². The van der Waals surface area contributed by atoms with Crippen molar-refractivity contribution in [2.24, 2.45) is 17.8 Å². The van der Waals surface area contributed by atoms with Gasteiger partial charge in [0.05, 0.1) is 29.8 Å². The molecule has 0 aromatic carbocycles. The Bertz CT molecular complexity index is 1350. The number of aliphatic hydroxyl groups excluding tert-OH is 2. The number of carboxylic acid groups (broad SMARTS) is 1. The van der Waals surface area contributed by atoms with Crippen LogP contribution in [0.15, 0.2) is 0 Å². The monoisotopic (exact) mass is 846 g/mol. The van der Waals surface area contributed by atoms with Gasteiger partial charge in [-0.1, -0.05) is 20.8 Å². The Morgan fingerprint density at radius 3 is 2.05 bits per heavy atom. The highest BCUT2D eigenvalue weighted by atomic mass is 19.4. The fraction of sp³-hybridized carbons (Fsp3) is 0.923. The third-order valence-corrected chi connectivity index (χ3v) is 11.7. The summed E-state index contributed by atoms with van der Waals surface area (Å²) in [5.41, 5.74) is -4.59. The van der Waals surface area contributed by atoms with Crippen LogP contribution >= 0.6 is 0 Å². The smallest absolute Gasteiger partial charge is 0.475 e. The van der Waals surface area contributed by atoms with E-state index in [1.54, 1.807) is 48.5 Å². The molecule has 0 unspecified atom stereocenters. The fourth-order valence-corrected chi connectivity index (χ4v) is 8.22. The van der Waals surface area contributed by atoms with Crippen LogP contribution in [0.1, 0.15) is 94.9 Å². The number of methoxy groups -OCH3 is 1. The summed E-state index contributed by atoms with van der Waals surface area (Å²) in [7, 11) is 5.20. The molecule has 3 heterocycles. The third kappa shape index (κ3) is 13.0. The van der Waals surface area contributed by atoms with Gasteiger partial charge in [0.25, 0.3) is 0 Å². The average Bonchev–Trinajstić information content (AvgIpc) is 3.12. The molecule has 3 rings (SSSR count). The molecule has 6 N–H and O–H groups in total.